The van der Waals surface area contributed by atoms with Crippen molar-refractivity contribution < 1.29 is 13.9 Å². The molecule has 1 aromatic rings. The zero-order valence-electron chi connectivity index (χ0n) is 11.0. The molecule has 19 heavy (non-hydrogen) atoms. The average molecular weight is 379 g/mol. The molecule has 0 saturated heterocycles. The first-order valence-electron chi connectivity index (χ1n) is 6.48. The maximum atomic E-state index is 12.9. The van der Waals surface area contributed by atoms with Gasteiger partial charge in [0.2, 0.25) is 0 Å². The molecule has 0 fully saturated rings. The first kappa shape index (κ1) is 16.2. The number of anilines is 1. The Bertz CT molecular complexity index is 412. The second-order valence-corrected chi connectivity index (χ2v) is 5.33. The van der Waals surface area contributed by atoms with Crippen LogP contribution in [0.5, 0.6) is 0 Å². The molecule has 0 saturated carbocycles. The highest BCUT2D eigenvalue weighted by atomic mass is 127. The molecule has 3 nitrogen and oxygen atoms in total. The molecule has 0 heterocycles. The minimum absolute atomic E-state index is 0.122. The van der Waals surface area contributed by atoms with Gasteiger partial charge in [-0.05, 0) is 60.6 Å². The summed E-state index contributed by atoms with van der Waals surface area (Å²) in [5, 5.41) is 3.26. The third-order valence-corrected chi connectivity index (χ3v) is 3.50. The molecule has 0 unspecified atom stereocenters. The maximum absolute atomic E-state index is 12.9. The molecule has 106 valence electrons. The molecule has 0 aliphatic rings. The summed E-state index contributed by atoms with van der Waals surface area (Å²) in [6.07, 6.45) is 3.29. The fourth-order valence-corrected chi connectivity index (χ4v) is 2.33. The molecule has 0 aliphatic heterocycles. The largest absolute Gasteiger partial charge is 0.466 e. The summed E-state index contributed by atoms with van der Waals surface area (Å²) in [5.41, 5.74) is 0.951. The normalized spacial score (nSPS) is 10.3. The van der Waals surface area contributed by atoms with Crippen LogP contribution in [0.2, 0.25) is 0 Å². The Morgan fingerprint density at radius 1 is 1.37 bits per heavy atom. The number of unbranched alkanes of at least 4 members (excludes halogenated alkanes) is 2. The van der Waals surface area contributed by atoms with Crippen LogP contribution in [0.25, 0.3) is 0 Å². The highest BCUT2D eigenvalue weighted by molar-refractivity contribution is 14.1. The second-order valence-electron chi connectivity index (χ2n) is 4.17. The van der Waals surface area contributed by atoms with Crippen molar-refractivity contribution in [3.63, 3.8) is 0 Å². The van der Waals surface area contributed by atoms with Crippen molar-refractivity contribution in [3.8, 4) is 0 Å². The Labute approximate surface area is 127 Å². The van der Waals surface area contributed by atoms with Crippen LogP contribution in [0.15, 0.2) is 18.2 Å². The summed E-state index contributed by atoms with van der Waals surface area (Å²) in [7, 11) is 0. The van der Waals surface area contributed by atoms with Gasteiger partial charge in [-0.3, -0.25) is 4.79 Å². The number of hydrogen-bond acceptors (Lipinski definition) is 3. The van der Waals surface area contributed by atoms with Gasteiger partial charge in [0.25, 0.3) is 0 Å². The van der Waals surface area contributed by atoms with Crippen LogP contribution in [-0.4, -0.2) is 19.1 Å². The van der Waals surface area contributed by atoms with Gasteiger partial charge in [0, 0.05) is 22.2 Å². The topological polar surface area (TPSA) is 38.3 Å². The minimum atomic E-state index is -0.218. The molecule has 0 spiro atoms. The van der Waals surface area contributed by atoms with E-state index in [1.54, 1.807) is 6.07 Å². The van der Waals surface area contributed by atoms with E-state index in [9.17, 15) is 9.18 Å². The molecule has 0 aromatic heterocycles. The molecular weight excluding hydrogens is 360 g/mol. The quantitative estimate of drug-likeness (QED) is 0.422. The summed E-state index contributed by atoms with van der Waals surface area (Å²) in [6.45, 7) is 3.08. The van der Waals surface area contributed by atoms with E-state index >= 15 is 0 Å². The summed E-state index contributed by atoms with van der Waals surface area (Å²) in [4.78, 5) is 11.1. The maximum Gasteiger partial charge on any atom is 0.305 e. The zero-order chi connectivity index (χ0) is 14.1. The molecule has 0 aliphatic carbocycles. The van der Waals surface area contributed by atoms with E-state index in [2.05, 4.69) is 27.9 Å². The van der Waals surface area contributed by atoms with Gasteiger partial charge in [0.15, 0.2) is 0 Å². The summed E-state index contributed by atoms with van der Waals surface area (Å²) in [6, 6.07) is 4.70. The van der Waals surface area contributed by atoms with Crippen molar-refractivity contribution in [2.45, 2.75) is 32.6 Å². The number of rotatable bonds is 8. The number of ether oxygens (including phenoxy) is 1. The molecule has 0 bridgehead atoms. The first-order valence-corrected chi connectivity index (χ1v) is 7.56. The fraction of sp³-hybridized carbons (Fsp3) is 0.500. The predicted molar refractivity (Wildman–Crippen MR) is 82.7 cm³/mol. The SMILES string of the molecule is CCOC(=O)CCCCCNc1ccc(F)cc1I. The molecule has 0 radical (unpaired) electrons. The van der Waals surface area contributed by atoms with Crippen LogP contribution in [0.3, 0.4) is 0 Å². The lowest BCUT2D eigenvalue weighted by molar-refractivity contribution is -0.143. The molecule has 0 amide bonds. The van der Waals surface area contributed by atoms with Crippen LogP contribution in [0.1, 0.15) is 32.6 Å². The Kier molecular flexibility index (Phi) is 7.78. The Morgan fingerprint density at radius 2 is 2.16 bits per heavy atom. The van der Waals surface area contributed by atoms with E-state index in [-0.39, 0.29) is 11.8 Å². The van der Waals surface area contributed by atoms with Gasteiger partial charge in [-0.15, -0.1) is 0 Å². The van der Waals surface area contributed by atoms with Crippen molar-refractivity contribution in [1.29, 1.82) is 0 Å². The van der Waals surface area contributed by atoms with Crippen LogP contribution in [0, 0.1) is 9.39 Å². The van der Waals surface area contributed by atoms with E-state index in [4.69, 9.17) is 4.74 Å². The number of carbonyl (C=O) groups excluding carboxylic acids is 1. The second kappa shape index (κ2) is 9.12. The van der Waals surface area contributed by atoms with Crippen LogP contribution >= 0.6 is 22.6 Å². The first-order chi connectivity index (χ1) is 9.13. The monoisotopic (exact) mass is 379 g/mol. The fourth-order valence-electron chi connectivity index (χ4n) is 1.66. The molecular formula is C14H19FINO2. The highest BCUT2D eigenvalue weighted by Gasteiger charge is 2.02. The van der Waals surface area contributed by atoms with Gasteiger partial charge >= 0.3 is 5.97 Å². The standard InChI is InChI=1S/C14H19FINO2/c1-2-19-14(18)6-4-3-5-9-17-13-8-7-11(15)10-12(13)16/h7-8,10,17H,2-6,9H2,1H3. The lowest BCUT2D eigenvalue weighted by Gasteiger charge is -2.08. The van der Waals surface area contributed by atoms with Crippen molar-refractivity contribution >= 4 is 34.2 Å². The molecule has 5 heteroatoms. The van der Waals surface area contributed by atoms with Crippen molar-refractivity contribution in [2.75, 3.05) is 18.5 Å². The van der Waals surface area contributed by atoms with Gasteiger partial charge in [-0.2, -0.15) is 0 Å². The molecule has 1 N–H and O–H groups in total. The van der Waals surface area contributed by atoms with Gasteiger partial charge in [0.05, 0.1) is 6.61 Å². The highest BCUT2D eigenvalue weighted by Crippen LogP contribution is 2.19. The Hall–Kier alpha value is -0.850. The van der Waals surface area contributed by atoms with Gasteiger partial charge < -0.3 is 10.1 Å². The van der Waals surface area contributed by atoms with Crippen molar-refractivity contribution in [1.82, 2.24) is 0 Å². The lowest BCUT2D eigenvalue weighted by Crippen LogP contribution is -2.05. The lowest BCUT2D eigenvalue weighted by atomic mass is 10.2. The van der Waals surface area contributed by atoms with Crippen LogP contribution in [-0.2, 0) is 9.53 Å². The van der Waals surface area contributed by atoms with E-state index in [1.807, 2.05) is 6.92 Å². The van der Waals surface area contributed by atoms with E-state index < -0.39 is 0 Å². The summed E-state index contributed by atoms with van der Waals surface area (Å²) >= 11 is 2.11. The molecule has 1 rings (SSSR count). The van der Waals surface area contributed by atoms with E-state index in [0.717, 1.165) is 35.1 Å². The third-order valence-electron chi connectivity index (χ3n) is 2.61. The van der Waals surface area contributed by atoms with Crippen LogP contribution in [0.4, 0.5) is 10.1 Å². The predicted octanol–water partition coefficient (Wildman–Crippen LogP) is 3.97. The van der Waals surface area contributed by atoms with E-state index in [1.165, 1.54) is 12.1 Å². The number of nitrogens with one attached hydrogen (secondary N) is 1. The van der Waals surface area contributed by atoms with Gasteiger partial charge in [0.1, 0.15) is 5.82 Å². The molecule has 1 aromatic carbocycles. The van der Waals surface area contributed by atoms with Crippen LogP contribution < -0.4 is 5.32 Å². The number of carbonyl (C=O) groups is 1. The minimum Gasteiger partial charge on any atom is -0.466 e. The number of hydrogen-bond donors (Lipinski definition) is 1. The number of halogens is 2. The van der Waals surface area contributed by atoms with Crippen molar-refractivity contribution in [3.05, 3.63) is 27.6 Å². The third kappa shape index (κ3) is 6.75. The smallest absolute Gasteiger partial charge is 0.305 e. The van der Waals surface area contributed by atoms with E-state index in [0.29, 0.717) is 13.0 Å². The summed E-state index contributed by atoms with van der Waals surface area (Å²) < 4.78 is 18.6. The number of esters is 1. The van der Waals surface area contributed by atoms with Gasteiger partial charge in [-0.25, -0.2) is 4.39 Å². The average Bonchev–Trinajstić information content (AvgIpc) is 2.36. The van der Waals surface area contributed by atoms with Gasteiger partial charge in [-0.1, -0.05) is 6.42 Å². The number of benzene rings is 1. The Morgan fingerprint density at radius 3 is 2.84 bits per heavy atom. The van der Waals surface area contributed by atoms with Crippen molar-refractivity contribution in [2.24, 2.45) is 0 Å². The molecule has 0 atom stereocenters. The summed E-state index contributed by atoms with van der Waals surface area (Å²) in [5.74, 6) is -0.340. The Balaban J connectivity index is 2.12. The zero-order valence-corrected chi connectivity index (χ0v) is 13.2.